The summed E-state index contributed by atoms with van der Waals surface area (Å²) >= 11 is 2.31. The second kappa shape index (κ2) is 7.61. The van der Waals surface area contributed by atoms with E-state index in [1.807, 2.05) is 18.2 Å². The van der Waals surface area contributed by atoms with Crippen molar-refractivity contribution in [2.45, 2.75) is 18.9 Å². The molecule has 1 atom stereocenters. The monoisotopic (exact) mass is 382 g/mol. The molecule has 0 aliphatic heterocycles. The van der Waals surface area contributed by atoms with Crippen LogP contribution in [0, 0.1) is 3.57 Å². The van der Waals surface area contributed by atoms with Crippen LogP contribution in [-0.2, 0) is 12.8 Å². The van der Waals surface area contributed by atoms with Crippen molar-refractivity contribution in [2.75, 3.05) is 7.11 Å². The Morgan fingerprint density at radius 3 is 2.45 bits per heavy atom. The third-order valence-electron chi connectivity index (χ3n) is 3.29. The summed E-state index contributed by atoms with van der Waals surface area (Å²) in [4.78, 5) is 0. The Bertz CT molecular complexity index is 542. The first-order chi connectivity index (χ1) is 9.72. The number of hydrazine groups is 1. The molecule has 0 saturated heterocycles. The van der Waals surface area contributed by atoms with Gasteiger partial charge in [0.05, 0.1) is 7.11 Å². The average molecular weight is 382 g/mol. The van der Waals surface area contributed by atoms with E-state index in [2.05, 4.69) is 58.3 Å². The SMILES string of the molecule is COc1ccccc1CC(Cc1ccc(I)cc1)NN. The van der Waals surface area contributed by atoms with E-state index in [4.69, 9.17) is 10.6 Å². The second-order valence-electron chi connectivity index (χ2n) is 4.71. The average Bonchev–Trinajstić information content (AvgIpc) is 2.49. The summed E-state index contributed by atoms with van der Waals surface area (Å²) in [5, 5.41) is 0. The van der Waals surface area contributed by atoms with Gasteiger partial charge < -0.3 is 4.74 Å². The van der Waals surface area contributed by atoms with Crippen LogP contribution in [0.3, 0.4) is 0 Å². The van der Waals surface area contributed by atoms with E-state index in [-0.39, 0.29) is 6.04 Å². The number of halogens is 1. The third kappa shape index (κ3) is 4.19. The minimum atomic E-state index is 0.186. The predicted molar refractivity (Wildman–Crippen MR) is 90.7 cm³/mol. The van der Waals surface area contributed by atoms with E-state index in [9.17, 15) is 0 Å². The zero-order chi connectivity index (χ0) is 14.4. The molecule has 2 aromatic rings. The van der Waals surface area contributed by atoms with Gasteiger partial charge in [0.1, 0.15) is 5.75 Å². The van der Waals surface area contributed by atoms with Gasteiger partial charge in [0.15, 0.2) is 0 Å². The fourth-order valence-corrected chi connectivity index (χ4v) is 2.59. The highest BCUT2D eigenvalue weighted by atomic mass is 127. The van der Waals surface area contributed by atoms with Crippen LogP contribution in [0.15, 0.2) is 48.5 Å². The number of benzene rings is 2. The van der Waals surface area contributed by atoms with Crippen LogP contribution in [0.5, 0.6) is 5.75 Å². The molecule has 0 aliphatic carbocycles. The molecule has 2 rings (SSSR count). The number of ether oxygens (including phenoxy) is 1. The molecule has 4 heteroatoms. The van der Waals surface area contributed by atoms with Crippen molar-refractivity contribution >= 4 is 22.6 Å². The van der Waals surface area contributed by atoms with Crippen molar-refractivity contribution in [1.29, 1.82) is 0 Å². The summed E-state index contributed by atoms with van der Waals surface area (Å²) in [5.41, 5.74) is 5.36. The van der Waals surface area contributed by atoms with E-state index in [0.29, 0.717) is 0 Å². The summed E-state index contributed by atoms with van der Waals surface area (Å²) in [5.74, 6) is 6.61. The molecule has 2 aromatic carbocycles. The molecular weight excluding hydrogens is 363 g/mol. The van der Waals surface area contributed by atoms with Gasteiger partial charge >= 0.3 is 0 Å². The zero-order valence-corrected chi connectivity index (χ0v) is 13.6. The lowest BCUT2D eigenvalue weighted by atomic mass is 9.99. The largest absolute Gasteiger partial charge is 0.496 e. The highest BCUT2D eigenvalue weighted by molar-refractivity contribution is 14.1. The fraction of sp³-hybridized carbons (Fsp3) is 0.250. The normalized spacial score (nSPS) is 12.2. The van der Waals surface area contributed by atoms with Gasteiger partial charge in [-0.15, -0.1) is 0 Å². The van der Waals surface area contributed by atoms with E-state index in [1.54, 1.807) is 7.11 Å². The maximum atomic E-state index is 5.70. The molecule has 0 aliphatic rings. The van der Waals surface area contributed by atoms with Gasteiger partial charge in [-0.25, -0.2) is 0 Å². The Balaban J connectivity index is 2.07. The summed E-state index contributed by atoms with van der Waals surface area (Å²) in [6.07, 6.45) is 1.73. The van der Waals surface area contributed by atoms with Crippen molar-refractivity contribution < 1.29 is 4.74 Å². The summed E-state index contributed by atoms with van der Waals surface area (Å²) in [6, 6.07) is 16.8. The molecule has 0 aromatic heterocycles. The molecule has 1 unspecified atom stereocenters. The molecule has 0 fully saturated rings. The highest BCUT2D eigenvalue weighted by Gasteiger charge is 2.11. The number of hydrogen-bond acceptors (Lipinski definition) is 3. The van der Waals surface area contributed by atoms with Gasteiger partial charge in [0.2, 0.25) is 0 Å². The highest BCUT2D eigenvalue weighted by Crippen LogP contribution is 2.20. The lowest BCUT2D eigenvalue weighted by Crippen LogP contribution is -2.38. The Hall–Kier alpha value is -1.11. The molecule has 0 radical (unpaired) electrons. The van der Waals surface area contributed by atoms with E-state index >= 15 is 0 Å². The summed E-state index contributed by atoms with van der Waals surface area (Å²) in [6.45, 7) is 0. The molecule has 0 amide bonds. The maximum Gasteiger partial charge on any atom is 0.122 e. The smallest absolute Gasteiger partial charge is 0.122 e. The molecule has 3 N–H and O–H groups in total. The standard InChI is InChI=1S/C16H19IN2O/c1-20-16-5-3-2-4-13(16)11-15(19-18)10-12-6-8-14(17)9-7-12/h2-9,15,19H,10-11,18H2,1H3. The minimum absolute atomic E-state index is 0.186. The molecule has 0 heterocycles. The van der Waals surface area contributed by atoms with Crippen molar-refractivity contribution in [3.63, 3.8) is 0 Å². The van der Waals surface area contributed by atoms with Crippen LogP contribution in [0.2, 0.25) is 0 Å². The zero-order valence-electron chi connectivity index (χ0n) is 11.5. The predicted octanol–water partition coefficient (Wildman–Crippen LogP) is 2.92. The van der Waals surface area contributed by atoms with Gasteiger partial charge in [0.25, 0.3) is 0 Å². The van der Waals surface area contributed by atoms with E-state index in [0.717, 1.165) is 18.6 Å². The van der Waals surface area contributed by atoms with Gasteiger partial charge in [-0.05, 0) is 64.8 Å². The van der Waals surface area contributed by atoms with E-state index in [1.165, 1.54) is 14.7 Å². The lowest BCUT2D eigenvalue weighted by molar-refractivity contribution is 0.404. The van der Waals surface area contributed by atoms with Gasteiger partial charge in [-0.2, -0.15) is 0 Å². The number of methoxy groups -OCH3 is 1. The van der Waals surface area contributed by atoms with Crippen molar-refractivity contribution in [1.82, 2.24) is 5.43 Å². The molecule has 3 nitrogen and oxygen atoms in total. The van der Waals surface area contributed by atoms with Gasteiger partial charge in [0, 0.05) is 9.61 Å². The van der Waals surface area contributed by atoms with Crippen molar-refractivity contribution in [2.24, 2.45) is 5.84 Å². The maximum absolute atomic E-state index is 5.70. The first-order valence-electron chi connectivity index (χ1n) is 6.55. The van der Waals surface area contributed by atoms with Crippen LogP contribution in [-0.4, -0.2) is 13.2 Å². The quantitative estimate of drug-likeness (QED) is 0.459. The van der Waals surface area contributed by atoms with Crippen LogP contribution < -0.4 is 16.0 Å². The number of rotatable bonds is 6. The molecule has 0 spiro atoms. The van der Waals surface area contributed by atoms with Crippen molar-refractivity contribution in [3.05, 3.63) is 63.2 Å². The lowest BCUT2D eigenvalue weighted by Gasteiger charge is -2.17. The van der Waals surface area contributed by atoms with E-state index < -0.39 is 0 Å². The van der Waals surface area contributed by atoms with Crippen LogP contribution in [0.1, 0.15) is 11.1 Å². The number of hydrogen-bond donors (Lipinski definition) is 2. The van der Waals surface area contributed by atoms with Crippen LogP contribution in [0.4, 0.5) is 0 Å². The van der Waals surface area contributed by atoms with Gasteiger partial charge in [-0.1, -0.05) is 30.3 Å². The van der Waals surface area contributed by atoms with Crippen molar-refractivity contribution in [3.8, 4) is 5.75 Å². The Kier molecular flexibility index (Phi) is 5.82. The van der Waals surface area contributed by atoms with Crippen LogP contribution >= 0.6 is 22.6 Å². The summed E-state index contributed by atoms with van der Waals surface area (Å²) in [7, 11) is 1.70. The second-order valence-corrected chi connectivity index (χ2v) is 5.96. The fourth-order valence-electron chi connectivity index (χ4n) is 2.23. The summed E-state index contributed by atoms with van der Waals surface area (Å²) < 4.78 is 6.63. The van der Waals surface area contributed by atoms with Gasteiger partial charge in [-0.3, -0.25) is 11.3 Å². The molecule has 106 valence electrons. The van der Waals surface area contributed by atoms with Crippen LogP contribution in [0.25, 0.3) is 0 Å². The molecule has 0 saturated carbocycles. The molecule has 20 heavy (non-hydrogen) atoms. The minimum Gasteiger partial charge on any atom is -0.496 e. The number of para-hydroxylation sites is 1. The topological polar surface area (TPSA) is 47.3 Å². The molecular formula is C16H19IN2O. The number of nitrogens with one attached hydrogen (secondary N) is 1. The first-order valence-corrected chi connectivity index (χ1v) is 7.63. The third-order valence-corrected chi connectivity index (χ3v) is 4.01. The first kappa shape index (κ1) is 15.3. The number of nitrogens with two attached hydrogens (primary N) is 1. The Morgan fingerprint density at radius 1 is 1.10 bits per heavy atom. The Labute approximate surface area is 133 Å². The molecule has 0 bridgehead atoms. The Morgan fingerprint density at radius 2 is 1.80 bits per heavy atom.